The molecule has 0 bridgehead atoms. The van der Waals surface area contributed by atoms with Gasteiger partial charge in [-0.25, -0.2) is 0 Å². The maximum absolute atomic E-state index is 13.1. The van der Waals surface area contributed by atoms with Crippen LogP contribution in [0.5, 0.6) is 0 Å². The molecule has 0 atom stereocenters. The lowest BCUT2D eigenvalue weighted by Crippen LogP contribution is -2.45. The van der Waals surface area contributed by atoms with E-state index in [1.54, 1.807) is 0 Å². The molecule has 1 nitrogen and oxygen atoms in total. The van der Waals surface area contributed by atoms with Crippen molar-refractivity contribution in [3.8, 4) is 12.3 Å². The van der Waals surface area contributed by atoms with Crippen LogP contribution in [0, 0.1) is 23.2 Å². The number of terminal acetylenes is 1. The number of benzene rings is 1. The van der Waals surface area contributed by atoms with Gasteiger partial charge in [-0.05, 0) is 29.4 Å². The maximum Gasteiger partial charge on any atom is 0.143 e. The normalized spacial score (nSPS) is 17.7. The molecule has 1 aromatic rings. The zero-order chi connectivity index (χ0) is 16.2. The van der Waals surface area contributed by atoms with E-state index in [4.69, 9.17) is 6.42 Å². The Bertz CT molecular complexity index is 545. The summed E-state index contributed by atoms with van der Waals surface area (Å²) >= 11 is 0. The second-order valence-corrected chi connectivity index (χ2v) is 7.69. The van der Waals surface area contributed by atoms with Crippen LogP contribution in [0.15, 0.2) is 24.3 Å². The van der Waals surface area contributed by atoms with Gasteiger partial charge in [-0.3, -0.25) is 4.79 Å². The van der Waals surface area contributed by atoms with Crippen molar-refractivity contribution in [3.63, 3.8) is 0 Å². The summed E-state index contributed by atoms with van der Waals surface area (Å²) in [6, 6.07) is 8.22. The first kappa shape index (κ1) is 16.8. The summed E-state index contributed by atoms with van der Waals surface area (Å²) < 4.78 is 0. The van der Waals surface area contributed by atoms with Crippen molar-refractivity contribution < 1.29 is 4.79 Å². The molecule has 0 N–H and O–H groups in total. The Hall–Kier alpha value is -1.55. The van der Waals surface area contributed by atoms with Crippen LogP contribution in [-0.4, -0.2) is 5.78 Å². The molecule has 118 valence electrons. The molecule has 22 heavy (non-hydrogen) atoms. The van der Waals surface area contributed by atoms with E-state index in [1.165, 1.54) is 19.3 Å². The van der Waals surface area contributed by atoms with Gasteiger partial charge in [0.1, 0.15) is 5.78 Å². The van der Waals surface area contributed by atoms with E-state index in [0.29, 0.717) is 18.6 Å². The van der Waals surface area contributed by atoms with Crippen LogP contribution in [0.3, 0.4) is 0 Å². The minimum atomic E-state index is -0.150. The fourth-order valence-electron chi connectivity index (χ4n) is 3.85. The Morgan fingerprint density at radius 2 is 1.64 bits per heavy atom. The second-order valence-electron chi connectivity index (χ2n) is 7.69. The molecule has 1 aliphatic rings. The van der Waals surface area contributed by atoms with Crippen molar-refractivity contribution >= 4 is 5.78 Å². The largest absolute Gasteiger partial charge is 0.299 e. The quantitative estimate of drug-likeness (QED) is 0.717. The third kappa shape index (κ3) is 3.43. The number of rotatable bonds is 4. The van der Waals surface area contributed by atoms with E-state index in [9.17, 15) is 4.79 Å². The van der Waals surface area contributed by atoms with Crippen molar-refractivity contribution in [1.29, 1.82) is 0 Å². The highest BCUT2D eigenvalue weighted by molar-refractivity contribution is 5.87. The molecule has 1 saturated carbocycles. The number of hydrogen-bond acceptors (Lipinski definition) is 1. The Morgan fingerprint density at radius 1 is 1.09 bits per heavy atom. The minimum Gasteiger partial charge on any atom is -0.299 e. The molecule has 0 heterocycles. The van der Waals surface area contributed by atoms with Gasteiger partial charge in [-0.1, -0.05) is 64.3 Å². The minimum absolute atomic E-state index is 0.0356. The van der Waals surface area contributed by atoms with Gasteiger partial charge >= 0.3 is 0 Å². The van der Waals surface area contributed by atoms with Crippen molar-refractivity contribution in [2.45, 2.75) is 65.7 Å². The van der Waals surface area contributed by atoms with Gasteiger partial charge in [0.05, 0.1) is 0 Å². The molecule has 1 heteroatoms. The van der Waals surface area contributed by atoms with Gasteiger partial charge in [-0.15, -0.1) is 12.3 Å². The number of carbonyl (C=O) groups is 1. The van der Waals surface area contributed by atoms with Gasteiger partial charge in [-0.2, -0.15) is 0 Å². The van der Waals surface area contributed by atoms with Crippen molar-refractivity contribution in [3.05, 3.63) is 35.4 Å². The predicted octanol–water partition coefficient (Wildman–Crippen LogP) is 4.97. The standard InChI is InChI=1S/C21H28O/c1-5-9-17-10-12-18(13-11-17)16-19(22)21(20(2,3)4)14-7-6-8-15-21/h1,10-13H,6-9,14-16H2,2-4H3. The Morgan fingerprint density at radius 3 is 2.14 bits per heavy atom. The van der Waals surface area contributed by atoms with Crippen LogP contribution >= 0.6 is 0 Å². The maximum atomic E-state index is 13.1. The molecule has 2 rings (SSSR count). The number of Topliss-reactive ketones (excluding diaryl/α,β-unsaturated/α-hetero) is 1. The first-order chi connectivity index (χ1) is 10.4. The van der Waals surface area contributed by atoms with Crippen LogP contribution in [0.25, 0.3) is 0 Å². The summed E-state index contributed by atoms with van der Waals surface area (Å²) in [6.07, 6.45) is 12.3. The summed E-state index contributed by atoms with van der Waals surface area (Å²) in [5.41, 5.74) is 2.14. The average Bonchev–Trinajstić information content (AvgIpc) is 2.49. The number of carbonyl (C=O) groups excluding carboxylic acids is 1. The molecule has 0 aromatic heterocycles. The molecular formula is C21H28O. The summed E-state index contributed by atoms with van der Waals surface area (Å²) in [5, 5.41) is 0. The van der Waals surface area contributed by atoms with E-state index in [0.717, 1.165) is 24.0 Å². The Balaban J connectivity index is 2.16. The van der Waals surface area contributed by atoms with Crippen LogP contribution in [0.2, 0.25) is 0 Å². The zero-order valence-electron chi connectivity index (χ0n) is 14.2. The van der Waals surface area contributed by atoms with Gasteiger partial charge < -0.3 is 0 Å². The van der Waals surface area contributed by atoms with Gasteiger partial charge in [0, 0.05) is 18.3 Å². The molecule has 1 aromatic carbocycles. The van der Waals surface area contributed by atoms with Gasteiger partial charge in [0.2, 0.25) is 0 Å². The third-order valence-electron chi connectivity index (χ3n) is 5.37. The lowest BCUT2D eigenvalue weighted by molar-refractivity contribution is -0.137. The molecule has 0 spiro atoms. The van der Waals surface area contributed by atoms with E-state index in [1.807, 2.05) is 12.1 Å². The van der Waals surface area contributed by atoms with E-state index < -0.39 is 0 Å². The van der Waals surface area contributed by atoms with Crippen LogP contribution < -0.4 is 0 Å². The summed E-state index contributed by atoms with van der Waals surface area (Å²) in [6.45, 7) is 6.69. The van der Waals surface area contributed by atoms with Crippen molar-refractivity contribution in [1.82, 2.24) is 0 Å². The Kier molecular flexibility index (Phi) is 5.12. The lowest BCUT2D eigenvalue weighted by Gasteiger charge is -2.46. The smallest absolute Gasteiger partial charge is 0.143 e. The molecule has 0 aliphatic heterocycles. The summed E-state index contributed by atoms with van der Waals surface area (Å²) in [7, 11) is 0. The van der Waals surface area contributed by atoms with E-state index in [2.05, 4.69) is 38.8 Å². The van der Waals surface area contributed by atoms with E-state index >= 15 is 0 Å². The molecular weight excluding hydrogens is 268 g/mol. The fraction of sp³-hybridized carbons (Fsp3) is 0.571. The fourth-order valence-corrected chi connectivity index (χ4v) is 3.85. The lowest BCUT2D eigenvalue weighted by atomic mass is 9.56. The summed E-state index contributed by atoms with van der Waals surface area (Å²) in [5.74, 6) is 3.08. The highest BCUT2D eigenvalue weighted by Gasteiger charge is 2.47. The first-order valence-corrected chi connectivity index (χ1v) is 8.44. The molecule has 0 saturated heterocycles. The number of hydrogen-bond donors (Lipinski definition) is 0. The predicted molar refractivity (Wildman–Crippen MR) is 92.7 cm³/mol. The van der Waals surface area contributed by atoms with Gasteiger partial charge in [0.15, 0.2) is 0 Å². The van der Waals surface area contributed by atoms with E-state index in [-0.39, 0.29) is 10.8 Å². The molecule has 1 fully saturated rings. The highest BCUT2D eigenvalue weighted by Crippen LogP contribution is 2.50. The van der Waals surface area contributed by atoms with Crippen LogP contribution in [0.1, 0.15) is 64.0 Å². The van der Waals surface area contributed by atoms with Gasteiger partial charge in [0.25, 0.3) is 0 Å². The molecule has 0 amide bonds. The monoisotopic (exact) mass is 296 g/mol. The van der Waals surface area contributed by atoms with Crippen LogP contribution in [0.4, 0.5) is 0 Å². The molecule has 0 radical (unpaired) electrons. The second kappa shape index (κ2) is 6.69. The SMILES string of the molecule is C#CCc1ccc(CC(=O)C2(C(C)(C)C)CCCCC2)cc1. The molecule has 0 unspecified atom stereocenters. The van der Waals surface area contributed by atoms with Crippen LogP contribution in [-0.2, 0) is 17.6 Å². The first-order valence-electron chi connectivity index (χ1n) is 8.44. The highest BCUT2D eigenvalue weighted by atomic mass is 16.1. The average molecular weight is 296 g/mol. The summed E-state index contributed by atoms with van der Waals surface area (Å²) in [4.78, 5) is 13.1. The topological polar surface area (TPSA) is 17.1 Å². The molecule has 1 aliphatic carbocycles. The third-order valence-corrected chi connectivity index (χ3v) is 5.37. The van der Waals surface area contributed by atoms with Crippen molar-refractivity contribution in [2.75, 3.05) is 0 Å². The number of ketones is 1. The van der Waals surface area contributed by atoms with Crippen molar-refractivity contribution in [2.24, 2.45) is 10.8 Å². The zero-order valence-corrected chi connectivity index (χ0v) is 14.2. The Labute approximate surface area is 135 Å².